The summed E-state index contributed by atoms with van der Waals surface area (Å²) in [6.07, 6.45) is 3.01. The summed E-state index contributed by atoms with van der Waals surface area (Å²) in [4.78, 5) is 26.6. The minimum absolute atomic E-state index is 0.0954. The van der Waals surface area contributed by atoms with Crippen LogP contribution in [0.5, 0.6) is 0 Å². The van der Waals surface area contributed by atoms with E-state index < -0.39 is 5.97 Å². The lowest BCUT2D eigenvalue weighted by Gasteiger charge is -2.18. The van der Waals surface area contributed by atoms with E-state index in [4.69, 9.17) is 5.11 Å². The van der Waals surface area contributed by atoms with Crippen LogP contribution in [0.25, 0.3) is 6.08 Å². The zero-order valence-electron chi connectivity index (χ0n) is 13.9. The molecule has 2 aromatic rings. The van der Waals surface area contributed by atoms with Gasteiger partial charge in [0.2, 0.25) is 5.91 Å². The van der Waals surface area contributed by atoms with Gasteiger partial charge >= 0.3 is 5.97 Å². The molecule has 0 aliphatic heterocycles. The monoisotopic (exact) mass is 344 g/mol. The van der Waals surface area contributed by atoms with Crippen LogP contribution in [-0.2, 0) is 21.4 Å². The maximum atomic E-state index is 11.9. The molecule has 2 rings (SSSR count). The van der Waals surface area contributed by atoms with Gasteiger partial charge in [-0.25, -0.2) is 4.98 Å². The minimum Gasteiger partial charge on any atom is -0.481 e. The number of carbonyl (C=O) groups excluding carboxylic acids is 1. The van der Waals surface area contributed by atoms with Crippen LogP contribution in [-0.4, -0.2) is 22.0 Å². The Balaban J connectivity index is 1.95. The van der Waals surface area contributed by atoms with E-state index in [0.717, 1.165) is 5.56 Å². The minimum atomic E-state index is -0.947. The van der Waals surface area contributed by atoms with Gasteiger partial charge in [0.1, 0.15) is 0 Å². The number of hydrogen-bond donors (Lipinski definition) is 2. The third-order valence-electron chi connectivity index (χ3n) is 3.32. The number of benzene rings is 1. The fraction of sp³-hybridized carbons (Fsp3) is 0.278. The molecule has 6 heteroatoms. The van der Waals surface area contributed by atoms with Crippen LogP contribution in [0, 0.1) is 0 Å². The smallest absolute Gasteiger partial charge is 0.309 e. The van der Waals surface area contributed by atoms with E-state index in [-0.39, 0.29) is 17.7 Å². The van der Waals surface area contributed by atoms with E-state index in [1.807, 2.05) is 12.1 Å². The number of anilines is 1. The zero-order chi connectivity index (χ0) is 17.7. The zero-order valence-corrected chi connectivity index (χ0v) is 14.7. The van der Waals surface area contributed by atoms with Crippen molar-refractivity contribution in [2.45, 2.75) is 32.6 Å². The summed E-state index contributed by atoms with van der Waals surface area (Å²) >= 11 is 1.21. The fourth-order valence-electron chi connectivity index (χ4n) is 2.01. The molecule has 0 atom stereocenters. The maximum Gasteiger partial charge on any atom is 0.309 e. The highest BCUT2D eigenvalue weighted by Gasteiger charge is 2.12. The number of hydrogen-bond acceptors (Lipinski definition) is 4. The molecular weight excluding hydrogens is 324 g/mol. The summed E-state index contributed by atoms with van der Waals surface area (Å²) in [7, 11) is 0. The average molecular weight is 344 g/mol. The fourth-order valence-corrected chi connectivity index (χ4v) is 2.73. The molecule has 1 heterocycles. The Morgan fingerprint density at radius 3 is 2.50 bits per heavy atom. The molecule has 0 aliphatic carbocycles. The topological polar surface area (TPSA) is 79.3 Å². The number of carboxylic acids is 1. The Bertz CT molecular complexity index is 755. The Hall–Kier alpha value is -2.47. The van der Waals surface area contributed by atoms with Gasteiger partial charge in [-0.2, -0.15) is 0 Å². The maximum absolute atomic E-state index is 11.9. The van der Waals surface area contributed by atoms with Gasteiger partial charge in [0, 0.05) is 11.5 Å². The van der Waals surface area contributed by atoms with Crippen LogP contribution >= 0.6 is 11.3 Å². The van der Waals surface area contributed by atoms with E-state index in [2.05, 4.69) is 43.2 Å². The van der Waals surface area contributed by atoms with Gasteiger partial charge in [0.15, 0.2) is 5.13 Å². The Labute approximate surface area is 145 Å². The number of nitrogens with one attached hydrogen (secondary N) is 1. The molecular formula is C18H20N2O3S. The highest BCUT2D eigenvalue weighted by molar-refractivity contribution is 7.14. The normalized spacial score (nSPS) is 11.6. The number of carbonyl (C=O) groups is 2. The molecule has 0 radical (unpaired) electrons. The number of aromatic nitrogens is 1. The van der Waals surface area contributed by atoms with Gasteiger partial charge in [-0.15, -0.1) is 11.3 Å². The number of thiazole rings is 1. The molecule has 0 spiro atoms. The first-order chi connectivity index (χ1) is 11.2. The van der Waals surface area contributed by atoms with E-state index in [0.29, 0.717) is 10.8 Å². The quantitative estimate of drug-likeness (QED) is 0.810. The van der Waals surface area contributed by atoms with Crippen LogP contribution in [0.3, 0.4) is 0 Å². The molecule has 0 unspecified atom stereocenters. The average Bonchev–Trinajstić information content (AvgIpc) is 2.91. The predicted octanol–water partition coefficient (Wildman–Crippen LogP) is 3.72. The molecule has 0 saturated carbocycles. The molecule has 2 N–H and O–H groups in total. The standard InChI is InChI=1S/C18H20N2O3S/c1-18(2,3)13-7-4-12(5-8-13)6-9-15(21)20-17-19-14(11-24-17)10-16(22)23/h4-9,11H,10H2,1-3H3,(H,22,23)(H,19,20,21)/b9-6+. The van der Waals surface area contributed by atoms with Gasteiger partial charge in [-0.1, -0.05) is 45.0 Å². The van der Waals surface area contributed by atoms with Crippen LogP contribution < -0.4 is 5.32 Å². The summed E-state index contributed by atoms with van der Waals surface area (Å²) in [6.45, 7) is 6.45. The lowest BCUT2D eigenvalue weighted by atomic mass is 9.87. The van der Waals surface area contributed by atoms with Crippen LogP contribution in [0.2, 0.25) is 0 Å². The second-order valence-electron chi connectivity index (χ2n) is 6.41. The molecule has 0 fully saturated rings. The first-order valence-corrected chi connectivity index (χ1v) is 8.38. The van der Waals surface area contributed by atoms with E-state index in [1.165, 1.54) is 23.0 Å². The molecule has 0 aliphatic rings. The first kappa shape index (κ1) is 17.9. The van der Waals surface area contributed by atoms with E-state index in [1.54, 1.807) is 11.5 Å². The molecule has 1 aromatic heterocycles. The van der Waals surface area contributed by atoms with E-state index >= 15 is 0 Å². The van der Waals surface area contributed by atoms with Crippen molar-refractivity contribution < 1.29 is 14.7 Å². The van der Waals surface area contributed by atoms with Crippen LogP contribution in [0.4, 0.5) is 5.13 Å². The lowest BCUT2D eigenvalue weighted by Crippen LogP contribution is -2.10. The summed E-state index contributed by atoms with van der Waals surface area (Å²) in [6, 6.07) is 8.05. The third kappa shape index (κ3) is 5.31. The molecule has 1 aromatic carbocycles. The second kappa shape index (κ2) is 7.40. The Kier molecular flexibility index (Phi) is 5.51. The first-order valence-electron chi connectivity index (χ1n) is 7.50. The third-order valence-corrected chi connectivity index (χ3v) is 4.12. The number of nitrogens with zero attached hydrogens (tertiary/aromatic N) is 1. The number of carboxylic acid groups (broad SMARTS) is 1. The largest absolute Gasteiger partial charge is 0.481 e. The van der Waals surface area contributed by atoms with Crippen molar-refractivity contribution in [3.05, 3.63) is 52.5 Å². The molecule has 24 heavy (non-hydrogen) atoms. The van der Waals surface area contributed by atoms with Gasteiger partial charge in [-0.3, -0.25) is 14.9 Å². The van der Waals surface area contributed by atoms with Gasteiger partial charge in [0.25, 0.3) is 0 Å². The highest BCUT2D eigenvalue weighted by atomic mass is 32.1. The van der Waals surface area contributed by atoms with Crippen molar-refractivity contribution in [1.82, 2.24) is 4.98 Å². The lowest BCUT2D eigenvalue weighted by molar-refractivity contribution is -0.136. The van der Waals surface area contributed by atoms with Gasteiger partial charge in [0.05, 0.1) is 12.1 Å². The SMILES string of the molecule is CC(C)(C)c1ccc(/C=C/C(=O)Nc2nc(CC(=O)O)cs2)cc1. The Morgan fingerprint density at radius 2 is 1.92 bits per heavy atom. The molecule has 5 nitrogen and oxygen atoms in total. The predicted molar refractivity (Wildman–Crippen MR) is 96.3 cm³/mol. The van der Waals surface area contributed by atoms with Gasteiger partial charge < -0.3 is 5.11 Å². The highest BCUT2D eigenvalue weighted by Crippen LogP contribution is 2.22. The van der Waals surface area contributed by atoms with Crippen molar-refractivity contribution in [3.8, 4) is 0 Å². The number of amides is 1. The number of aliphatic carboxylic acids is 1. The molecule has 1 amide bonds. The van der Waals surface area contributed by atoms with Crippen molar-refractivity contribution in [3.63, 3.8) is 0 Å². The summed E-state index contributed by atoms with van der Waals surface area (Å²) in [5.41, 5.74) is 2.70. The van der Waals surface area contributed by atoms with Crippen molar-refractivity contribution in [2.75, 3.05) is 5.32 Å². The van der Waals surface area contributed by atoms with Crippen LogP contribution in [0.15, 0.2) is 35.7 Å². The van der Waals surface area contributed by atoms with Gasteiger partial charge in [-0.05, 0) is 22.6 Å². The van der Waals surface area contributed by atoms with Crippen molar-refractivity contribution >= 4 is 34.4 Å². The summed E-state index contributed by atoms with van der Waals surface area (Å²) < 4.78 is 0. The summed E-state index contributed by atoms with van der Waals surface area (Å²) in [5, 5.41) is 13.4. The van der Waals surface area contributed by atoms with Crippen molar-refractivity contribution in [1.29, 1.82) is 0 Å². The van der Waals surface area contributed by atoms with E-state index in [9.17, 15) is 9.59 Å². The summed E-state index contributed by atoms with van der Waals surface area (Å²) in [5.74, 6) is -1.25. The van der Waals surface area contributed by atoms with Crippen molar-refractivity contribution in [2.24, 2.45) is 0 Å². The second-order valence-corrected chi connectivity index (χ2v) is 7.27. The molecule has 126 valence electrons. The van der Waals surface area contributed by atoms with Crippen LogP contribution in [0.1, 0.15) is 37.6 Å². The Morgan fingerprint density at radius 1 is 1.25 bits per heavy atom. The molecule has 0 bridgehead atoms. The number of rotatable bonds is 5. The molecule has 0 saturated heterocycles.